The van der Waals surface area contributed by atoms with Crippen molar-refractivity contribution in [1.82, 2.24) is 4.90 Å². The lowest BCUT2D eigenvalue weighted by Crippen LogP contribution is -2.50. The molecule has 2 aliphatic carbocycles. The van der Waals surface area contributed by atoms with Crippen LogP contribution in [0.1, 0.15) is 25.7 Å². The predicted molar refractivity (Wildman–Crippen MR) is 70.3 cm³/mol. The van der Waals surface area contributed by atoms with Gasteiger partial charge in [0.25, 0.3) is 0 Å². The van der Waals surface area contributed by atoms with Gasteiger partial charge in [0.05, 0.1) is 17.2 Å². The number of imide groups is 1. The number of carbonyl (C=O) groups is 3. The van der Waals surface area contributed by atoms with Crippen molar-refractivity contribution in [1.29, 1.82) is 0 Å². The Morgan fingerprint density at radius 1 is 1.30 bits per heavy atom. The molecule has 0 bridgehead atoms. The van der Waals surface area contributed by atoms with Gasteiger partial charge in [0.2, 0.25) is 5.91 Å². The van der Waals surface area contributed by atoms with E-state index in [0.29, 0.717) is 0 Å². The monoisotopic (exact) mass is 274 g/mol. The number of carbonyl (C=O) groups excluding carboxylic acids is 2. The van der Waals surface area contributed by atoms with Gasteiger partial charge in [-0.05, 0) is 18.9 Å². The highest BCUT2D eigenvalue weighted by Crippen LogP contribution is 2.29. The number of aliphatic carboxylic acids is 1. The Labute approximate surface area is 115 Å². The molecule has 3 rings (SSSR count). The number of carboxylic acids is 1. The van der Waals surface area contributed by atoms with Crippen molar-refractivity contribution in [2.45, 2.75) is 31.7 Å². The Bertz CT molecular complexity index is 582. The summed E-state index contributed by atoms with van der Waals surface area (Å²) in [4.78, 5) is 40.5. The molecular formula is C14H14N2O4. The van der Waals surface area contributed by atoms with Crippen LogP contribution in [0.4, 0.5) is 4.79 Å². The number of hydrogen-bond acceptors (Lipinski definition) is 3. The average Bonchev–Trinajstić information content (AvgIpc) is 2.91. The number of allylic oxidation sites excluding steroid dienone is 1. The van der Waals surface area contributed by atoms with Gasteiger partial charge in [0.15, 0.2) is 0 Å². The third-order valence-corrected chi connectivity index (χ3v) is 3.96. The molecule has 6 heteroatoms. The lowest BCUT2D eigenvalue weighted by Gasteiger charge is -2.32. The smallest absolute Gasteiger partial charge is 0.350 e. The summed E-state index contributed by atoms with van der Waals surface area (Å²) >= 11 is 0. The number of amides is 3. The summed E-state index contributed by atoms with van der Waals surface area (Å²) in [6, 6.07) is -0.622. The maximum atomic E-state index is 12.4. The number of hydrogen-bond donors (Lipinski definition) is 1. The molecule has 0 aromatic rings. The Hall–Kier alpha value is -2.24. The van der Waals surface area contributed by atoms with Crippen molar-refractivity contribution in [3.05, 3.63) is 23.8 Å². The van der Waals surface area contributed by atoms with Crippen LogP contribution in [0.2, 0.25) is 0 Å². The van der Waals surface area contributed by atoms with Crippen LogP contribution in [-0.2, 0) is 9.59 Å². The largest absolute Gasteiger partial charge is 0.478 e. The normalized spacial score (nSPS) is 26.4. The van der Waals surface area contributed by atoms with E-state index in [0.717, 1.165) is 25.7 Å². The Morgan fingerprint density at radius 2 is 2.00 bits per heavy atom. The SMILES string of the molecule is O=C(O)C1=CC2=NC(=O)N(C3CCCC3)C(=O)C2C=C1. The molecule has 0 radical (unpaired) electrons. The number of nitrogens with zero attached hydrogens (tertiary/aromatic N) is 2. The van der Waals surface area contributed by atoms with Crippen LogP contribution in [0.25, 0.3) is 0 Å². The van der Waals surface area contributed by atoms with Crippen molar-refractivity contribution in [2.75, 3.05) is 0 Å². The molecule has 0 spiro atoms. The highest BCUT2D eigenvalue weighted by Gasteiger charge is 2.41. The van der Waals surface area contributed by atoms with Gasteiger partial charge in [-0.2, -0.15) is 4.99 Å². The second-order valence-electron chi connectivity index (χ2n) is 5.21. The first-order chi connectivity index (χ1) is 9.58. The van der Waals surface area contributed by atoms with Crippen LogP contribution in [-0.4, -0.2) is 39.7 Å². The van der Waals surface area contributed by atoms with Gasteiger partial charge in [0.1, 0.15) is 0 Å². The summed E-state index contributed by atoms with van der Waals surface area (Å²) < 4.78 is 0. The van der Waals surface area contributed by atoms with Gasteiger partial charge in [-0.25, -0.2) is 9.59 Å². The molecule has 0 aromatic carbocycles. The highest BCUT2D eigenvalue weighted by atomic mass is 16.4. The number of rotatable bonds is 2. The maximum Gasteiger partial charge on any atom is 0.350 e. The molecule has 104 valence electrons. The van der Waals surface area contributed by atoms with E-state index in [1.807, 2.05) is 0 Å². The van der Waals surface area contributed by atoms with Crippen molar-refractivity contribution in [3.8, 4) is 0 Å². The Morgan fingerprint density at radius 3 is 2.65 bits per heavy atom. The van der Waals surface area contributed by atoms with Crippen molar-refractivity contribution in [2.24, 2.45) is 10.9 Å². The maximum absolute atomic E-state index is 12.4. The summed E-state index contributed by atoms with van der Waals surface area (Å²) in [6.07, 6.45) is 7.90. The first-order valence-electron chi connectivity index (χ1n) is 6.67. The van der Waals surface area contributed by atoms with Gasteiger partial charge in [-0.1, -0.05) is 25.0 Å². The van der Waals surface area contributed by atoms with Gasteiger partial charge in [0, 0.05) is 6.04 Å². The van der Waals surface area contributed by atoms with Gasteiger partial charge in [-0.15, -0.1) is 0 Å². The zero-order chi connectivity index (χ0) is 14.3. The minimum absolute atomic E-state index is 0.0370. The molecule has 1 saturated carbocycles. The first-order valence-corrected chi connectivity index (χ1v) is 6.67. The number of carboxylic acid groups (broad SMARTS) is 1. The molecule has 6 nitrogen and oxygen atoms in total. The molecule has 1 N–H and O–H groups in total. The molecule has 3 aliphatic rings. The fourth-order valence-corrected chi connectivity index (χ4v) is 2.95. The van der Waals surface area contributed by atoms with Crippen LogP contribution >= 0.6 is 0 Å². The van der Waals surface area contributed by atoms with Crippen LogP contribution in [0, 0.1) is 5.92 Å². The van der Waals surface area contributed by atoms with Crippen LogP contribution in [0.3, 0.4) is 0 Å². The molecule has 1 atom stereocenters. The third kappa shape index (κ3) is 1.97. The minimum atomic E-state index is -1.10. The van der Waals surface area contributed by atoms with Crippen LogP contribution < -0.4 is 0 Å². The quantitative estimate of drug-likeness (QED) is 0.827. The standard InChI is InChI=1S/C14H14N2O4/c17-12-10-6-5-8(13(18)19)7-11(10)15-14(20)16(12)9-3-1-2-4-9/h5-7,9-10H,1-4H2,(H,18,19). The minimum Gasteiger partial charge on any atom is -0.478 e. The lowest BCUT2D eigenvalue weighted by atomic mass is 9.91. The van der Waals surface area contributed by atoms with E-state index >= 15 is 0 Å². The Kier molecular flexibility index (Phi) is 3.00. The van der Waals surface area contributed by atoms with E-state index < -0.39 is 17.9 Å². The van der Waals surface area contributed by atoms with Crippen molar-refractivity contribution in [3.63, 3.8) is 0 Å². The molecule has 1 heterocycles. The van der Waals surface area contributed by atoms with Crippen molar-refractivity contribution < 1.29 is 19.5 Å². The molecule has 3 amide bonds. The van der Waals surface area contributed by atoms with E-state index in [4.69, 9.17) is 5.11 Å². The third-order valence-electron chi connectivity index (χ3n) is 3.96. The lowest BCUT2D eigenvalue weighted by molar-refractivity contribution is -0.133. The summed E-state index contributed by atoms with van der Waals surface area (Å²) in [7, 11) is 0. The highest BCUT2D eigenvalue weighted by molar-refractivity contribution is 6.23. The molecule has 1 fully saturated rings. The van der Waals surface area contributed by atoms with E-state index in [9.17, 15) is 14.4 Å². The summed E-state index contributed by atoms with van der Waals surface area (Å²) in [5, 5.41) is 8.93. The topological polar surface area (TPSA) is 87.0 Å². The van der Waals surface area contributed by atoms with Gasteiger partial charge in [-0.3, -0.25) is 9.69 Å². The molecule has 20 heavy (non-hydrogen) atoms. The van der Waals surface area contributed by atoms with Crippen LogP contribution in [0.15, 0.2) is 28.8 Å². The van der Waals surface area contributed by atoms with E-state index in [-0.39, 0.29) is 23.2 Å². The average molecular weight is 274 g/mol. The number of fused-ring (bicyclic) bond motifs is 1. The predicted octanol–water partition coefficient (Wildman–Crippen LogP) is 1.53. The summed E-state index contributed by atoms with van der Waals surface area (Å²) in [5.41, 5.74) is 0.268. The molecule has 1 aliphatic heterocycles. The Balaban J connectivity index is 1.93. The van der Waals surface area contributed by atoms with Crippen molar-refractivity contribution >= 4 is 23.6 Å². The summed E-state index contributed by atoms with van der Waals surface area (Å²) in [5.74, 6) is -2.01. The number of urea groups is 1. The second-order valence-corrected chi connectivity index (χ2v) is 5.21. The second kappa shape index (κ2) is 4.70. The fraction of sp³-hybridized carbons (Fsp3) is 0.429. The number of aliphatic imine (C=N–C) groups is 1. The van der Waals surface area contributed by atoms with Gasteiger partial charge < -0.3 is 5.11 Å². The van der Waals surface area contributed by atoms with E-state index in [2.05, 4.69) is 4.99 Å². The zero-order valence-electron chi connectivity index (χ0n) is 10.8. The molecule has 0 saturated heterocycles. The van der Waals surface area contributed by atoms with E-state index in [1.165, 1.54) is 23.1 Å². The molecule has 0 aromatic heterocycles. The van der Waals surface area contributed by atoms with E-state index in [1.54, 1.807) is 0 Å². The van der Waals surface area contributed by atoms with Crippen LogP contribution in [0.5, 0.6) is 0 Å². The molecular weight excluding hydrogens is 260 g/mol. The summed E-state index contributed by atoms with van der Waals surface area (Å²) in [6.45, 7) is 0. The zero-order valence-corrected chi connectivity index (χ0v) is 10.8. The fourth-order valence-electron chi connectivity index (χ4n) is 2.95. The first kappa shape index (κ1) is 12.8. The van der Waals surface area contributed by atoms with Gasteiger partial charge >= 0.3 is 12.0 Å². The molecule has 1 unspecified atom stereocenters.